The normalized spacial score (nSPS) is 11.9. The first kappa shape index (κ1) is 13.4. The monoisotopic (exact) mass is 196 g/mol. The molecule has 0 rings (SSSR count). The lowest BCUT2D eigenvalue weighted by molar-refractivity contribution is 0.192. The Hall–Kier alpha value is -0.560. The molecule has 0 aromatic rings. The van der Waals surface area contributed by atoms with Gasteiger partial charge in [-0.15, -0.1) is 0 Å². The van der Waals surface area contributed by atoms with E-state index in [1.165, 1.54) is 38.5 Å². The van der Waals surface area contributed by atoms with Gasteiger partial charge in [-0.1, -0.05) is 44.1 Å². The lowest BCUT2D eigenvalue weighted by Crippen LogP contribution is -1.87. The Kier molecular flexibility index (Phi) is 11.9. The Morgan fingerprint density at radius 2 is 1.64 bits per heavy atom. The lowest BCUT2D eigenvalue weighted by Gasteiger charge is -1.96. The maximum absolute atomic E-state index is 4.98. The topological polar surface area (TPSA) is 9.23 Å². The number of unbranched alkanes of at least 4 members (excludes halogenated alkanes) is 4. The molecule has 0 unspecified atom stereocenters. The highest BCUT2D eigenvalue weighted by Crippen LogP contribution is 2.00. The van der Waals surface area contributed by atoms with E-state index < -0.39 is 0 Å². The Morgan fingerprint density at radius 3 is 2.29 bits per heavy atom. The highest BCUT2D eigenvalue weighted by atomic mass is 16.5. The molecule has 0 bridgehead atoms. The molecule has 0 spiro atoms. The van der Waals surface area contributed by atoms with Gasteiger partial charge in [0.05, 0.1) is 0 Å². The van der Waals surface area contributed by atoms with Gasteiger partial charge in [-0.05, 0) is 25.7 Å². The number of ether oxygens (including phenoxy) is 1. The van der Waals surface area contributed by atoms with Crippen molar-refractivity contribution >= 4 is 0 Å². The summed E-state index contributed by atoms with van der Waals surface area (Å²) in [5.41, 5.74) is 0. The van der Waals surface area contributed by atoms with Crippen LogP contribution in [-0.4, -0.2) is 13.7 Å². The largest absolute Gasteiger partial charge is 0.385 e. The minimum atomic E-state index is 0.903. The van der Waals surface area contributed by atoms with Crippen LogP contribution in [-0.2, 0) is 4.74 Å². The predicted molar refractivity (Wildman–Crippen MR) is 63.5 cm³/mol. The molecule has 0 amide bonds. The van der Waals surface area contributed by atoms with Gasteiger partial charge in [-0.2, -0.15) is 0 Å². The first-order valence-corrected chi connectivity index (χ1v) is 5.72. The molecule has 1 heteroatoms. The Labute approximate surface area is 88.9 Å². The number of rotatable bonds is 9. The van der Waals surface area contributed by atoms with Crippen LogP contribution in [0, 0.1) is 0 Å². The van der Waals surface area contributed by atoms with E-state index in [0.717, 1.165) is 6.61 Å². The molecule has 0 fully saturated rings. The van der Waals surface area contributed by atoms with Gasteiger partial charge in [0.2, 0.25) is 0 Å². The molecule has 1 nitrogen and oxygen atoms in total. The van der Waals surface area contributed by atoms with Crippen molar-refractivity contribution in [2.45, 2.75) is 45.4 Å². The highest BCUT2D eigenvalue weighted by molar-refractivity contribution is 5.01. The van der Waals surface area contributed by atoms with Crippen LogP contribution in [0.25, 0.3) is 0 Å². The molecule has 0 saturated heterocycles. The van der Waals surface area contributed by atoms with Crippen LogP contribution in [0.4, 0.5) is 0 Å². The van der Waals surface area contributed by atoms with Crippen LogP contribution in [0.1, 0.15) is 45.4 Å². The minimum Gasteiger partial charge on any atom is -0.385 e. The van der Waals surface area contributed by atoms with E-state index in [1.807, 2.05) is 0 Å². The second kappa shape index (κ2) is 12.4. The summed E-state index contributed by atoms with van der Waals surface area (Å²) in [7, 11) is 1.76. The zero-order valence-corrected chi connectivity index (χ0v) is 9.67. The maximum Gasteiger partial charge on any atom is 0.0462 e. The van der Waals surface area contributed by atoms with Crippen molar-refractivity contribution in [2.24, 2.45) is 0 Å². The first-order chi connectivity index (χ1) is 6.91. The molecule has 14 heavy (non-hydrogen) atoms. The molecule has 0 radical (unpaired) electrons. The van der Waals surface area contributed by atoms with E-state index in [2.05, 4.69) is 31.2 Å². The third-order valence-electron chi connectivity index (χ3n) is 2.06. The number of allylic oxidation sites excluding steroid dienone is 4. The molecule has 0 aliphatic rings. The van der Waals surface area contributed by atoms with Gasteiger partial charge in [-0.25, -0.2) is 0 Å². The van der Waals surface area contributed by atoms with E-state index >= 15 is 0 Å². The average Bonchev–Trinajstić information content (AvgIpc) is 2.21. The van der Waals surface area contributed by atoms with Gasteiger partial charge < -0.3 is 4.74 Å². The van der Waals surface area contributed by atoms with E-state index in [4.69, 9.17) is 4.74 Å². The van der Waals surface area contributed by atoms with Crippen molar-refractivity contribution in [3.8, 4) is 0 Å². The van der Waals surface area contributed by atoms with Gasteiger partial charge >= 0.3 is 0 Å². The van der Waals surface area contributed by atoms with E-state index in [-0.39, 0.29) is 0 Å². The predicted octanol–water partition coefficient (Wildman–Crippen LogP) is 4.11. The van der Waals surface area contributed by atoms with Crippen LogP contribution in [0.5, 0.6) is 0 Å². The second-order valence-corrected chi connectivity index (χ2v) is 3.49. The zero-order valence-electron chi connectivity index (χ0n) is 9.67. The fraction of sp³-hybridized carbons (Fsp3) is 0.692. The molecular formula is C13H24O. The van der Waals surface area contributed by atoms with Crippen LogP contribution in [0.2, 0.25) is 0 Å². The van der Waals surface area contributed by atoms with Gasteiger partial charge in [0.1, 0.15) is 0 Å². The Morgan fingerprint density at radius 1 is 0.929 bits per heavy atom. The fourth-order valence-corrected chi connectivity index (χ4v) is 1.20. The first-order valence-electron chi connectivity index (χ1n) is 5.72. The van der Waals surface area contributed by atoms with Crippen LogP contribution >= 0.6 is 0 Å². The van der Waals surface area contributed by atoms with E-state index in [0.29, 0.717) is 0 Å². The van der Waals surface area contributed by atoms with Crippen molar-refractivity contribution < 1.29 is 4.74 Å². The van der Waals surface area contributed by atoms with Crippen molar-refractivity contribution in [3.05, 3.63) is 24.3 Å². The molecule has 0 aromatic carbocycles. The molecule has 0 saturated carbocycles. The van der Waals surface area contributed by atoms with Gasteiger partial charge in [0.25, 0.3) is 0 Å². The third kappa shape index (κ3) is 11.4. The summed E-state index contributed by atoms with van der Waals surface area (Å²) >= 11 is 0. The van der Waals surface area contributed by atoms with Gasteiger partial charge in [0.15, 0.2) is 0 Å². The molecule has 0 N–H and O–H groups in total. The Bertz CT molecular complexity index is 147. The molecule has 0 heterocycles. The summed E-state index contributed by atoms with van der Waals surface area (Å²) in [5, 5.41) is 0. The maximum atomic E-state index is 4.98. The van der Waals surface area contributed by atoms with Crippen LogP contribution < -0.4 is 0 Å². The van der Waals surface area contributed by atoms with Crippen molar-refractivity contribution in [1.82, 2.24) is 0 Å². The van der Waals surface area contributed by atoms with E-state index in [1.54, 1.807) is 7.11 Å². The van der Waals surface area contributed by atoms with Gasteiger partial charge in [-0.3, -0.25) is 0 Å². The molecule has 0 aliphatic carbocycles. The smallest absolute Gasteiger partial charge is 0.0462 e. The lowest BCUT2D eigenvalue weighted by atomic mass is 10.2. The summed E-state index contributed by atoms with van der Waals surface area (Å²) < 4.78 is 4.98. The summed E-state index contributed by atoms with van der Waals surface area (Å²) in [5.74, 6) is 0. The summed E-state index contributed by atoms with van der Waals surface area (Å²) in [6.07, 6.45) is 16.2. The zero-order chi connectivity index (χ0) is 10.5. The highest BCUT2D eigenvalue weighted by Gasteiger charge is 1.85. The standard InChI is InChI=1S/C13H24O/c1-3-4-5-6-7-8-9-10-11-12-13-14-2/h5-8H,3-4,9-13H2,1-2H3/b6-5+,8-7+. The van der Waals surface area contributed by atoms with Crippen molar-refractivity contribution in [1.29, 1.82) is 0 Å². The SMILES string of the molecule is CCC/C=C/C=C/CCCCCOC. The molecule has 0 atom stereocenters. The summed E-state index contributed by atoms with van der Waals surface area (Å²) in [6.45, 7) is 3.10. The summed E-state index contributed by atoms with van der Waals surface area (Å²) in [4.78, 5) is 0. The second-order valence-electron chi connectivity index (χ2n) is 3.49. The minimum absolute atomic E-state index is 0.903. The van der Waals surface area contributed by atoms with Crippen LogP contribution in [0.3, 0.4) is 0 Å². The molecule has 82 valence electrons. The molecule has 0 aliphatic heterocycles. The van der Waals surface area contributed by atoms with E-state index in [9.17, 15) is 0 Å². The molecular weight excluding hydrogens is 172 g/mol. The average molecular weight is 196 g/mol. The Balaban J connectivity index is 3.10. The van der Waals surface area contributed by atoms with Crippen LogP contribution in [0.15, 0.2) is 24.3 Å². The third-order valence-corrected chi connectivity index (χ3v) is 2.06. The van der Waals surface area contributed by atoms with Crippen molar-refractivity contribution in [3.63, 3.8) is 0 Å². The number of methoxy groups -OCH3 is 1. The van der Waals surface area contributed by atoms with Gasteiger partial charge in [0, 0.05) is 13.7 Å². The quantitative estimate of drug-likeness (QED) is 0.398. The molecule has 0 aromatic heterocycles. The number of hydrogen-bond acceptors (Lipinski definition) is 1. The number of hydrogen-bond donors (Lipinski definition) is 0. The fourth-order valence-electron chi connectivity index (χ4n) is 1.20. The summed E-state index contributed by atoms with van der Waals surface area (Å²) in [6, 6.07) is 0. The van der Waals surface area contributed by atoms with Crippen molar-refractivity contribution in [2.75, 3.05) is 13.7 Å².